The van der Waals surface area contributed by atoms with E-state index in [4.69, 9.17) is 25.3 Å². The molecule has 7 aliphatic rings. The van der Waals surface area contributed by atoms with E-state index in [-0.39, 0.29) is 0 Å². The van der Waals surface area contributed by atoms with Gasteiger partial charge >= 0.3 is 0 Å². The van der Waals surface area contributed by atoms with Crippen molar-refractivity contribution in [3.05, 3.63) is 0 Å². The van der Waals surface area contributed by atoms with Crippen molar-refractivity contribution in [1.82, 2.24) is 0 Å². The van der Waals surface area contributed by atoms with E-state index in [0.29, 0.717) is 5.41 Å². The molecule has 128 valence electrons. The molecule has 7 fully saturated rings. The van der Waals surface area contributed by atoms with Crippen LogP contribution in [0.3, 0.4) is 0 Å². The van der Waals surface area contributed by atoms with Crippen molar-refractivity contribution in [3.63, 3.8) is 0 Å². The highest BCUT2D eigenvalue weighted by Gasteiger charge is 2.82. The molecule has 0 aromatic carbocycles. The highest BCUT2D eigenvalue weighted by molar-refractivity contribution is 7.81. The molecule has 0 aliphatic heterocycles. The van der Waals surface area contributed by atoms with E-state index in [0.717, 1.165) is 63.8 Å². The number of hydrogen-bond acceptors (Lipinski definition) is 2. The monoisotopic (exact) mass is 348 g/mol. The van der Waals surface area contributed by atoms with Crippen LogP contribution in [0.1, 0.15) is 58.3 Å². The van der Waals surface area contributed by atoms with Crippen molar-refractivity contribution in [3.8, 4) is 0 Å². The summed E-state index contributed by atoms with van der Waals surface area (Å²) in [6.45, 7) is 2.57. The minimum absolute atomic E-state index is 0.524. The second-order valence-electron chi connectivity index (χ2n) is 10.7. The summed E-state index contributed by atoms with van der Waals surface area (Å²) in [5.74, 6) is 9.63. The standard InChI is InChI=1S/C21H32S2/c1-20(10-22)3-2-11-6-14(20)7-17-19-18(23)9-15-8-16(21(15,17)19)13-4-12(11)5-13/h11-19,22-23H,2-10H2,1H3. The third-order valence-corrected chi connectivity index (χ3v) is 11.6. The molecule has 0 radical (unpaired) electrons. The lowest BCUT2D eigenvalue weighted by Gasteiger charge is -2.58. The number of rotatable bonds is 1. The molecule has 7 saturated carbocycles. The molecule has 0 aromatic heterocycles. The summed E-state index contributed by atoms with van der Waals surface area (Å²) < 4.78 is 0. The van der Waals surface area contributed by atoms with E-state index < -0.39 is 0 Å². The van der Waals surface area contributed by atoms with Gasteiger partial charge in [-0.3, -0.25) is 0 Å². The highest BCUT2D eigenvalue weighted by atomic mass is 32.1. The first-order chi connectivity index (χ1) is 11.1. The van der Waals surface area contributed by atoms with Crippen LogP contribution in [-0.2, 0) is 0 Å². The van der Waals surface area contributed by atoms with Crippen LogP contribution in [0.5, 0.6) is 0 Å². The van der Waals surface area contributed by atoms with Gasteiger partial charge in [-0.1, -0.05) is 6.92 Å². The lowest BCUT2D eigenvalue weighted by Crippen LogP contribution is -2.51. The van der Waals surface area contributed by atoms with E-state index in [2.05, 4.69) is 6.92 Å². The second kappa shape index (κ2) is 4.51. The Bertz CT molecular complexity index is 540. The van der Waals surface area contributed by atoms with Gasteiger partial charge in [0, 0.05) is 5.25 Å². The zero-order chi connectivity index (χ0) is 15.6. The van der Waals surface area contributed by atoms with E-state index in [1.54, 1.807) is 32.1 Å². The predicted octanol–water partition coefficient (Wildman–Crippen LogP) is 5.34. The van der Waals surface area contributed by atoms with Gasteiger partial charge < -0.3 is 0 Å². The first-order valence-electron chi connectivity index (χ1n) is 10.4. The average Bonchev–Trinajstić information content (AvgIpc) is 3.12. The normalized spacial score (nSPS) is 68.2. The molecule has 0 amide bonds. The molecular formula is C21H32S2. The second-order valence-corrected chi connectivity index (χ2v) is 11.7. The third kappa shape index (κ3) is 1.61. The Labute approximate surface area is 152 Å². The van der Waals surface area contributed by atoms with Crippen LogP contribution < -0.4 is 0 Å². The van der Waals surface area contributed by atoms with Crippen molar-refractivity contribution < 1.29 is 0 Å². The van der Waals surface area contributed by atoms with Crippen LogP contribution in [0.25, 0.3) is 0 Å². The lowest BCUT2D eigenvalue weighted by atomic mass is 9.47. The summed E-state index contributed by atoms with van der Waals surface area (Å²) in [5.41, 5.74) is 1.33. The number of thiol groups is 2. The van der Waals surface area contributed by atoms with E-state index in [9.17, 15) is 0 Å². The third-order valence-electron chi connectivity index (χ3n) is 10.4. The van der Waals surface area contributed by atoms with Crippen molar-refractivity contribution in [2.24, 2.45) is 58.2 Å². The van der Waals surface area contributed by atoms with E-state index >= 15 is 0 Å². The van der Waals surface area contributed by atoms with E-state index in [1.165, 1.54) is 19.3 Å². The molecule has 7 rings (SSSR count). The maximum absolute atomic E-state index is 5.07. The van der Waals surface area contributed by atoms with Crippen molar-refractivity contribution in [2.45, 2.75) is 63.5 Å². The molecule has 0 nitrogen and oxygen atoms in total. The molecule has 0 aromatic rings. The molecule has 9 atom stereocenters. The molecule has 0 heterocycles. The topological polar surface area (TPSA) is 0 Å². The summed E-state index contributed by atoms with van der Waals surface area (Å²) in [4.78, 5) is 0. The Hall–Kier alpha value is 0.700. The van der Waals surface area contributed by atoms with Gasteiger partial charge in [-0.05, 0) is 115 Å². The molecule has 1 spiro atoms. The SMILES string of the molecule is CC1(CS)CCC2CC1CC1C3C(S)CC4CC(C5CC2C5)C413. The van der Waals surface area contributed by atoms with Gasteiger partial charge in [0.1, 0.15) is 0 Å². The predicted molar refractivity (Wildman–Crippen MR) is 102 cm³/mol. The van der Waals surface area contributed by atoms with Crippen LogP contribution >= 0.6 is 25.3 Å². The molecule has 7 aliphatic carbocycles. The molecule has 23 heavy (non-hydrogen) atoms. The Balaban J connectivity index is 1.37. The maximum Gasteiger partial charge on any atom is 0.00564 e. The average molecular weight is 349 g/mol. The molecule has 9 unspecified atom stereocenters. The maximum atomic E-state index is 5.07. The summed E-state index contributed by atoms with van der Waals surface area (Å²) in [6, 6.07) is 0. The van der Waals surface area contributed by atoms with Crippen LogP contribution in [0.15, 0.2) is 0 Å². The van der Waals surface area contributed by atoms with Crippen LogP contribution in [0.2, 0.25) is 0 Å². The van der Waals surface area contributed by atoms with Gasteiger partial charge in [-0.2, -0.15) is 25.3 Å². The largest absolute Gasteiger partial charge is 0.179 e. The quantitative estimate of drug-likeness (QED) is 0.587. The molecule has 0 N–H and O–H groups in total. The zero-order valence-corrected chi connectivity index (χ0v) is 16.2. The Morgan fingerprint density at radius 3 is 2.43 bits per heavy atom. The minimum Gasteiger partial charge on any atom is -0.179 e. The van der Waals surface area contributed by atoms with Gasteiger partial charge in [0.25, 0.3) is 0 Å². The molecular weight excluding hydrogens is 316 g/mol. The number of hydrogen-bond donors (Lipinski definition) is 2. The van der Waals surface area contributed by atoms with Crippen molar-refractivity contribution in [2.75, 3.05) is 5.75 Å². The Kier molecular flexibility index (Phi) is 2.91. The summed E-state index contributed by atoms with van der Waals surface area (Å²) >= 11 is 9.88. The Morgan fingerprint density at radius 1 is 0.870 bits per heavy atom. The zero-order valence-electron chi connectivity index (χ0n) is 14.5. The van der Waals surface area contributed by atoms with Gasteiger partial charge in [0.05, 0.1) is 0 Å². The highest BCUT2D eigenvalue weighted by Crippen LogP contribution is 2.86. The van der Waals surface area contributed by atoms with E-state index in [1.807, 2.05) is 0 Å². The van der Waals surface area contributed by atoms with Gasteiger partial charge in [-0.15, -0.1) is 0 Å². The fourth-order valence-corrected chi connectivity index (χ4v) is 10.2. The van der Waals surface area contributed by atoms with Gasteiger partial charge in [-0.25, -0.2) is 0 Å². The summed E-state index contributed by atoms with van der Waals surface area (Å²) in [5, 5.41) is 0.744. The van der Waals surface area contributed by atoms with Crippen molar-refractivity contribution in [1.29, 1.82) is 0 Å². The van der Waals surface area contributed by atoms with Crippen LogP contribution in [0.4, 0.5) is 0 Å². The molecule has 2 heteroatoms. The fraction of sp³-hybridized carbons (Fsp3) is 1.00. The first-order valence-corrected chi connectivity index (χ1v) is 11.5. The van der Waals surface area contributed by atoms with Crippen molar-refractivity contribution >= 4 is 25.3 Å². The van der Waals surface area contributed by atoms with Crippen LogP contribution in [0, 0.1) is 58.2 Å². The molecule has 4 bridgehead atoms. The lowest BCUT2D eigenvalue weighted by molar-refractivity contribution is -0.0894. The van der Waals surface area contributed by atoms with Gasteiger partial charge in [0.15, 0.2) is 0 Å². The Morgan fingerprint density at radius 2 is 1.65 bits per heavy atom. The molecule has 0 saturated heterocycles. The summed E-state index contributed by atoms with van der Waals surface area (Å²) in [6.07, 6.45) is 12.3. The fourth-order valence-electron chi connectivity index (χ4n) is 9.01. The first kappa shape index (κ1) is 14.8. The summed E-state index contributed by atoms with van der Waals surface area (Å²) in [7, 11) is 0. The smallest absolute Gasteiger partial charge is 0.00564 e. The van der Waals surface area contributed by atoms with Gasteiger partial charge in [0.2, 0.25) is 0 Å². The minimum atomic E-state index is 0.524. The van der Waals surface area contributed by atoms with Crippen LogP contribution in [-0.4, -0.2) is 11.0 Å².